The number of carbonyl (C=O) groups excluding carboxylic acids is 1. The van der Waals surface area contributed by atoms with Crippen LogP contribution in [0.3, 0.4) is 0 Å². The molecule has 3 aromatic carbocycles. The summed E-state index contributed by atoms with van der Waals surface area (Å²) in [5.74, 6) is 2.45. The van der Waals surface area contributed by atoms with E-state index in [1.54, 1.807) is 6.08 Å². The second kappa shape index (κ2) is 12.5. The maximum absolute atomic E-state index is 13.7. The molecule has 2 unspecified atom stereocenters. The van der Waals surface area contributed by atoms with E-state index < -0.39 is 18.2 Å². The van der Waals surface area contributed by atoms with Crippen molar-refractivity contribution in [3.63, 3.8) is 0 Å². The first-order valence-electron chi connectivity index (χ1n) is 13.3. The summed E-state index contributed by atoms with van der Waals surface area (Å²) < 4.78 is 6.35. The monoisotopic (exact) mass is 550 g/mol. The zero-order chi connectivity index (χ0) is 27.1. The third-order valence-corrected chi connectivity index (χ3v) is 11.4. The molecule has 0 aromatic heterocycles. The van der Waals surface area contributed by atoms with E-state index >= 15 is 0 Å². The number of ether oxygens (including phenoxy) is 1. The predicted octanol–water partition coefficient (Wildman–Crippen LogP) is 6.88. The summed E-state index contributed by atoms with van der Waals surface area (Å²) in [6.45, 7) is 0.148. The van der Waals surface area contributed by atoms with Crippen LogP contribution in [0, 0.1) is 5.92 Å². The van der Waals surface area contributed by atoms with Crippen LogP contribution in [0.1, 0.15) is 13.3 Å². The zero-order valence-corrected chi connectivity index (χ0v) is 23.6. The van der Waals surface area contributed by atoms with E-state index in [0.29, 0.717) is 18.8 Å². The van der Waals surface area contributed by atoms with Crippen LogP contribution >= 0.6 is 18.5 Å². The minimum Gasteiger partial charge on any atom is -0.494 e. The highest BCUT2D eigenvalue weighted by molar-refractivity contribution is 7.94. The summed E-state index contributed by atoms with van der Waals surface area (Å²) in [6, 6.07) is 31.9. The molecule has 0 heterocycles. The fraction of sp³-hybridized carbons (Fsp3) is 0.143. The Labute approximate surface area is 236 Å². The van der Waals surface area contributed by atoms with Crippen LogP contribution in [0.2, 0.25) is 0 Å². The van der Waals surface area contributed by atoms with Crippen molar-refractivity contribution in [2.75, 3.05) is 6.61 Å². The smallest absolute Gasteiger partial charge is 0.165 e. The van der Waals surface area contributed by atoms with E-state index in [4.69, 9.17) is 16.3 Å². The molecule has 2 atom stereocenters. The fourth-order valence-electron chi connectivity index (χ4n) is 5.20. The van der Waals surface area contributed by atoms with E-state index in [1.165, 1.54) is 15.9 Å². The second-order valence-corrected chi connectivity index (χ2v) is 13.3. The van der Waals surface area contributed by atoms with Crippen LogP contribution in [0.4, 0.5) is 0 Å². The highest BCUT2D eigenvalue weighted by Crippen LogP contribution is 2.45. The Morgan fingerprint density at radius 2 is 1.41 bits per heavy atom. The molecule has 196 valence electrons. The van der Waals surface area contributed by atoms with Gasteiger partial charge < -0.3 is 4.74 Å². The number of ketones is 1. The first kappa shape index (κ1) is 27.0. The normalized spacial score (nSPS) is 20.2. The molecular weight excluding hydrogens is 519 g/mol. The molecule has 4 heteroatoms. The quantitative estimate of drug-likeness (QED) is 0.182. The topological polar surface area (TPSA) is 26.3 Å². The predicted molar refractivity (Wildman–Crippen MR) is 168 cm³/mol. The number of fused-ring (bicyclic) bond motifs is 2. The number of allylic oxidation sites excluding steroid dienone is 10. The Balaban J connectivity index is 1.79. The van der Waals surface area contributed by atoms with Crippen LogP contribution in [-0.4, -0.2) is 23.6 Å². The van der Waals surface area contributed by atoms with Crippen molar-refractivity contribution < 1.29 is 9.53 Å². The molecular formula is C35H32ClO2P. The lowest BCUT2D eigenvalue weighted by atomic mass is 9.85. The van der Waals surface area contributed by atoms with Gasteiger partial charge in [-0.1, -0.05) is 133 Å². The van der Waals surface area contributed by atoms with E-state index in [1.807, 2.05) is 55.5 Å². The van der Waals surface area contributed by atoms with Crippen LogP contribution in [-0.2, 0) is 9.53 Å². The standard InChI is InChI=1S/C35H32ClO2P/c1-2-38-29(25-33-28-15-13-12-14-27(24-28)22-23-34(36)35(33)37)26-39(30-16-6-3-7-17-30,31-18-8-4-9-19-31)32-20-10-5-11-21-32/h3-23,25-26,33-34H,2,24H2,1H3/b23-22-,29-25-. The molecule has 0 fully saturated rings. The van der Waals surface area contributed by atoms with Gasteiger partial charge in [-0.05, 0) is 53.6 Å². The van der Waals surface area contributed by atoms with Crippen LogP contribution < -0.4 is 15.9 Å². The van der Waals surface area contributed by atoms with Gasteiger partial charge in [0.25, 0.3) is 0 Å². The van der Waals surface area contributed by atoms with Gasteiger partial charge in [0.15, 0.2) is 5.78 Å². The Morgan fingerprint density at radius 1 is 0.872 bits per heavy atom. The Morgan fingerprint density at radius 3 is 1.95 bits per heavy atom. The molecule has 3 aromatic rings. The number of alkyl halides is 1. The molecule has 0 saturated carbocycles. The minimum absolute atomic E-state index is 0.0396. The summed E-state index contributed by atoms with van der Waals surface area (Å²) in [7, 11) is 0. The van der Waals surface area contributed by atoms with E-state index in [2.05, 4.69) is 84.7 Å². The third kappa shape index (κ3) is 5.88. The Hall–Kier alpha value is -3.58. The van der Waals surface area contributed by atoms with E-state index in [9.17, 15) is 4.79 Å². The van der Waals surface area contributed by atoms with Crippen LogP contribution in [0.15, 0.2) is 150 Å². The maximum atomic E-state index is 13.7. The van der Waals surface area contributed by atoms with Gasteiger partial charge in [0.05, 0.1) is 12.5 Å². The largest absolute Gasteiger partial charge is 0.494 e. The minimum atomic E-state index is -2.32. The van der Waals surface area contributed by atoms with E-state index in [-0.39, 0.29) is 5.78 Å². The maximum Gasteiger partial charge on any atom is 0.165 e. The Kier molecular flexibility index (Phi) is 8.67. The molecule has 2 aliphatic rings. The molecule has 2 nitrogen and oxygen atoms in total. The van der Waals surface area contributed by atoms with Gasteiger partial charge in [0, 0.05) is 0 Å². The number of carbonyl (C=O) groups is 1. The number of hydrogen-bond donors (Lipinski definition) is 0. The lowest BCUT2D eigenvalue weighted by molar-refractivity contribution is -0.119. The molecule has 39 heavy (non-hydrogen) atoms. The van der Waals surface area contributed by atoms with Crippen molar-refractivity contribution in [1.29, 1.82) is 0 Å². The molecule has 2 bridgehead atoms. The summed E-state index contributed by atoms with van der Waals surface area (Å²) in [6.07, 6.45) is 14.6. The molecule has 2 aliphatic carbocycles. The van der Waals surface area contributed by atoms with Crippen molar-refractivity contribution in [1.82, 2.24) is 0 Å². The zero-order valence-electron chi connectivity index (χ0n) is 22.0. The molecule has 0 N–H and O–H groups in total. The lowest BCUT2D eigenvalue weighted by Gasteiger charge is -2.29. The number of Topliss-reactive ketones (excluding diaryl/α,β-unsaturated/α-hetero) is 1. The number of hydrogen-bond acceptors (Lipinski definition) is 2. The third-order valence-electron chi connectivity index (χ3n) is 7.05. The van der Waals surface area contributed by atoms with Crippen LogP contribution in [0.5, 0.6) is 0 Å². The number of benzene rings is 3. The second-order valence-electron chi connectivity index (χ2n) is 9.55. The highest BCUT2D eigenvalue weighted by atomic mass is 35.5. The van der Waals surface area contributed by atoms with E-state index in [0.717, 1.165) is 11.1 Å². The molecule has 5 rings (SSSR count). The summed E-state index contributed by atoms with van der Waals surface area (Å²) in [4.78, 5) is 13.7. The highest BCUT2D eigenvalue weighted by Gasteiger charge is 2.30. The Bertz CT molecular complexity index is 1410. The van der Waals surface area contributed by atoms with Crippen molar-refractivity contribution in [3.05, 3.63) is 150 Å². The first-order chi connectivity index (χ1) is 19.1. The van der Waals surface area contributed by atoms with Gasteiger partial charge in [0.1, 0.15) is 11.1 Å². The molecule has 0 aliphatic heterocycles. The average molecular weight is 551 g/mol. The average Bonchev–Trinajstić information content (AvgIpc) is 3.24. The lowest BCUT2D eigenvalue weighted by Crippen LogP contribution is -2.28. The summed E-state index contributed by atoms with van der Waals surface area (Å²) >= 11 is 6.60. The van der Waals surface area contributed by atoms with Gasteiger partial charge in [-0.15, -0.1) is 11.6 Å². The van der Waals surface area contributed by atoms with Crippen molar-refractivity contribution in [2.24, 2.45) is 5.92 Å². The molecule has 0 radical (unpaired) electrons. The SMILES string of the molecule is CCO/C(C=P(c1ccccc1)(c1ccccc1)c1ccccc1)=C\C1C(=O)C(Cl)/C=C\C2=CC=CC=C1C2. The molecule has 0 saturated heterocycles. The van der Waals surface area contributed by atoms with Crippen molar-refractivity contribution in [2.45, 2.75) is 18.7 Å². The summed E-state index contributed by atoms with van der Waals surface area (Å²) in [5, 5.41) is 2.95. The first-order valence-corrected chi connectivity index (χ1v) is 15.6. The number of rotatable bonds is 7. The molecule has 0 amide bonds. The van der Waals surface area contributed by atoms with Gasteiger partial charge in [-0.3, -0.25) is 4.79 Å². The number of halogens is 1. The van der Waals surface area contributed by atoms with Crippen molar-refractivity contribution >= 4 is 46.0 Å². The van der Waals surface area contributed by atoms with Gasteiger partial charge in [-0.2, -0.15) is 0 Å². The fourth-order valence-corrected chi connectivity index (χ4v) is 9.22. The van der Waals surface area contributed by atoms with Gasteiger partial charge in [-0.25, -0.2) is 0 Å². The van der Waals surface area contributed by atoms with Gasteiger partial charge in [0.2, 0.25) is 0 Å². The van der Waals surface area contributed by atoms with Crippen molar-refractivity contribution in [3.8, 4) is 0 Å². The van der Waals surface area contributed by atoms with Crippen LogP contribution in [0.25, 0.3) is 0 Å². The van der Waals surface area contributed by atoms with Gasteiger partial charge >= 0.3 is 0 Å². The summed E-state index contributed by atoms with van der Waals surface area (Å²) in [5.41, 5.74) is 2.15. The molecule has 0 spiro atoms.